The topological polar surface area (TPSA) is 54.0 Å². The highest BCUT2D eigenvalue weighted by Gasteiger charge is 2.41. The number of hydrogen-bond acceptors (Lipinski definition) is 5. The molecule has 0 saturated heterocycles. The molecule has 2 aromatic carbocycles. The summed E-state index contributed by atoms with van der Waals surface area (Å²) >= 11 is 23.4. The van der Waals surface area contributed by atoms with Crippen LogP contribution in [0.4, 0.5) is 26.3 Å². The van der Waals surface area contributed by atoms with Crippen molar-refractivity contribution < 1.29 is 50.1 Å². The molecular weight excluding hydrogens is 612 g/mol. The van der Waals surface area contributed by atoms with Crippen LogP contribution in [0.15, 0.2) is 12.2 Å². The summed E-state index contributed by atoms with van der Waals surface area (Å²) in [5, 5.41) is -2.99. The van der Waals surface area contributed by atoms with Gasteiger partial charge in [0, 0.05) is 11.1 Å². The van der Waals surface area contributed by atoms with E-state index in [0.717, 1.165) is 28.4 Å². The number of ether oxygens (including phenoxy) is 4. The summed E-state index contributed by atoms with van der Waals surface area (Å²) in [5.74, 6) is -2.69. The van der Waals surface area contributed by atoms with Crippen LogP contribution in [-0.4, -0.2) is 34.2 Å². The van der Waals surface area contributed by atoms with Crippen LogP contribution in [0.3, 0.4) is 0 Å². The van der Waals surface area contributed by atoms with Gasteiger partial charge < -0.3 is 18.9 Å². The molecule has 0 bridgehead atoms. The maximum atomic E-state index is 13.8. The number of methoxy groups -OCH3 is 4. The molecule has 15 heteroatoms. The third-order valence-corrected chi connectivity index (χ3v) is 6.55. The molecule has 0 amide bonds. The molecule has 0 aromatic heterocycles. The minimum Gasteiger partial charge on any atom is -0.492 e. The molecule has 208 valence electrons. The Hall–Kier alpha value is -2.47. The highest BCUT2D eigenvalue weighted by Crippen LogP contribution is 2.52. The van der Waals surface area contributed by atoms with E-state index in [2.05, 4.69) is 0 Å². The van der Waals surface area contributed by atoms with Crippen molar-refractivity contribution in [1.82, 2.24) is 0 Å². The molecule has 2 aromatic rings. The van der Waals surface area contributed by atoms with E-state index < -0.39 is 72.0 Å². The van der Waals surface area contributed by atoms with Crippen molar-refractivity contribution in [2.45, 2.75) is 12.4 Å². The Morgan fingerprint density at radius 3 is 1.11 bits per heavy atom. The van der Waals surface area contributed by atoms with Crippen molar-refractivity contribution in [3.05, 3.63) is 54.5 Å². The van der Waals surface area contributed by atoms with Crippen molar-refractivity contribution >= 4 is 64.3 Å². The molecular formula is C23H16Cl4F6O5. The molecule has 0 fully saturated rings. The van der Waals surface area contributed by atoms with Crippen LogP contribution in [0.5, 0.6) is 23.0 Å². The number of hydrogen-bond donors (Lipinski definition) is 0. The molecule has 0 spiro atoms. The van der Waals surface area contributed by atoms with Crippen molar-refractivity contribution in [3.63, 3.8) is 0 Å². The van der Waals surface area contributed by atoms with Gasteiger partial charge in [-0.25, -0.2) is 0 Å². The van der Waals surface area contributed by atoms with Crippen LogP contribution in [0.25, 0.3) is 12.2 Å². The minimum atomic E-state index is -5.04. The highest BCUT2D eigenvalue weighted by atomic mass is 35.5. The van der Waals surface area contributed by atoms with E-state index in [0.29, 0.717) is 24.3 Å². The van der Waals surface area contributed by atoms with Gasteiger partial charge in [0.2, 0.25) is 0 Å². The van der Waals surface area contributed by atoms with E-state index in [1.54, 1.807) is 0 Å². The van der Waals surface area contributed by atoms with Crippen LogP contribution in [0.2, 0.25) is 20.1 Å². The molecule has 0 saturated carbocycles. The maximum Gasteiger partial charge on any atom is 0.418 e. The monoisotopic (exact) mass is 626 g/mol. The molecule has 5 nitrogen and oxygen atoms in total. The van der Waals surface area contributed by atoms with E-state index >= 15 is 0 Å². The highest BCUT2D eigenvalue weighted by molar-refractivity contribution is 6.44. The van der Waals surface area contributed by atoms with Gasteiger partial charge in [0.25, 0.3) is 0 Å². The van der Waals surface area contributed by atoms with Gasteiger partial charge in [0.1, 0.15) is 10.0 Å². The molecule has 0 aliphatic rings. The Morgan fingerprint density at radius 1 is 0.579 bits per heavy atom. The summed E-state index contributed by atoms with van der Waals surface area (Å²) in [4.78, 5) is 12.5. The average Bonchev–Trinajstić information content (AvgIpc) is 2.82. The maximum absolute atomic E-state index is 13.8. The van der Waals surface area contributed by atoms with Gasteiger partial charge in [-0.2, -0.15) is 26.3 Å². The fourth-order valence-corrected chi connectivity index (χ4v) is 4.46. The second kappa shape index (κ2) is 12.1. The first-order valence-electron chi connectivity index (χ1n) is 9.86. The molecule has 0 aliphatic carbocycles. The average molecular weight is 628 g/mol. The fourth-order valence-electron chi connectivity index (χ4n) is 3.36. The Bertz CT molecular complexity index is 1210. The zero-order chi connectivity index (χ0) is 29.2. The normalized spacial score (nSPS) is 12.4. The molecule has 0 unspecified atom stereocenters. The number of allylic oxidation sites excluding steroid dienone is 2. The van der Waals surface area contributed by atoms with Crippen LogP contribution in [0.1, 0.15) is 22.3 Å². The number of carbonyl (C=O) groups excluding carboxylic acids is 1. The lowest BCUT2D eigenvalue weighted by molar-refractivity contribution is -0.138. The predicted molar refractivity (Wildman–Crippen MR) is 132 cm³/mol. The second-order valence-electron chi connectivity index (χ2n) is 7.03. The molecule has 0 radical (unpaired) electrons. The minimum absolute atomic E-state index is 0.336. The summed E-state index contributed by atoms with van der Waals surface area (Å²) in [6.07, 6.45) is -7.38. The van der Waals surface area contributed by atoms with Crippen molar-refractivity contribution in [1.29, 1.82) is 0 Å². The quantitative estimate of drug-likeness (QED) is 0.217. The number of ketones is 1. The van der Waals surface area contributed by atoms with Gasteiger partial charge in [-0.1, -0.05) is 46.4 Å². The Kier molecular flexibility index (Phi) is 10.1. The summed E-state index contributed by atoms with van der Waals surface area (Å²) in [6, 6.07) is 0. The summed E-state index contributed by atoms with van der Waals surface area (Å²) < 4.78 is 103. The van der Waals surface area contributed by atoms with Gasteiger partial charge in [-0.3, -0.25) is 4.79 Å². The standard InChI is InChI=1S/C23H16Cl4F6O5/c1-35-18-10(12(22(28,29)30)14(24)16(26)20(18)37-3)7-5-9(34)6-8-11-13(23(31,32)33)15(25)17(27)21(38-4)19(11)36-2/h5-8H,1-4H3/b7-5+,8-6+. The van der Waals surface area contributed by atoms with Crippen LogP contribution in [0, 0.1) is 0 Å². The second-order valence-corrected chi connectivity index (χ2v) is 8.54. The lowest BCUT2D eigenvalue weighted by atomic mass is 10.0. The van der Waals surface area contributed by atoms with E-state index in [-0.39, 0.29) is 11.5 Å². The molecule has 0 atom stereocenters. The number of halogens is 10. The SMILES string of the molecule is COc1c(Cl)c(Cl)c(C(F)(F)F)c(/C=C/C(=O)/C=C/c2c(OC)c(OC)c(Cl)c(Cl)c2C(F)(F)F)c1OC. The van der Waals surface area contributed by atoms with Gasteiger partial charge in [0.05, 0.1) is 49.6 Å². The number of alkyl halides is 6. The zero-order valence-corrected chi connectivity index (χ0v) is 22.7. The van der Waals surface area contributed by atoms with Gasteiger partial charge in [-0.15, -0.1) is 0 Å². The van der Waals surface area contributed by atoms with E-state index in [9.17, 15) is 31.1 Å². The predicted octanol–water partition coefficient (Wildman–Crippen LogP) is 8.67. The smallest absolute Gasteiger partial charge is 0.418 e. The zero-order valence-electron chi connectivity index (χ0n) is 19.6. The molecule has 0 aliphatic heterocycles. The molecule has 38 heavy (non-hydrogen) atoms. The van der Waals surface area contributed by atoms with Crippen LogP contribution in [-0.2, 0) is 17.1 Å². The van der Waals surface area contributed by atoms with E-state index in [1.807, 2.05) is 0 Å². The van der Waals surface area contributed by atoms with Crippen molar-refractivity contribution in [2.75, 3.05) is 28.4 Å². The van der Waals surface area contributed by atoms with Crippen LogP contribution < -0.4 is 18.9 Å². The number of benzene rings is 2. The first-order valence-corrected chi connectivity index (χ1v) is 11.4. The van der Waals surface area contributed by atoms with Crippen molar-refractivity contribution in [3.8, 4) is 23.0 Å². The lowest BCUT2D eigenvalue weighted by Gasteiger charge is -2.20. The van der Waals surface area contributed by atoms with Gasteiger partial charge >= 0.3 is 12.4 Å². The van der Waals surface area contributed by atoms with E-state index in [4.69, 9.17) is 65.4 Å². The summed E-state index contributed by atoms with van der Waals surface area (Å²) in [7, 11) is 4.27. The largest absolute Gasteiger partial charge is 0.492 e. The molecule has 2 rings (SSSR count). The number of rotatable bonds is 8. The molecule has 0 heterocycles. The van der Waals surface area contributed by atoms with Crippen LogP contribution >= 0.6 is 46.4 Å². The van der Waals surface area contributed by atoms with E-state index in [1.165, 1.54) is 0 Å². The Morgan fingerprint density at radius 2 is 0.868 bits per heavy atom. The summed E-state index contributed by atoms with van der Waals surface area (Å²) in [5.41, 5.74) is -4.27. The third kappa shape index (κ3) is 6.22. The molecule has 0 N–H and O–H groups in total. The first kappa shape index (κ1) is 31.7. The van der Waals surface area contributed by atoms with Crippen molar-refractivity contribution in [2.24, 2.45) is 0 Å². The Balaban J connectivity index is 2.71. The van der Waals surface area contributed by atoms with Gasteiger partial charge in [-0.05, 0) is 24.3 Å². The summed E-state index contributed by atoms with van der Waals surface area (Å²) in [6.45, 7) is 0. The Labute approximate surface area is 232 Å². The fraction of sp³-hybridized carbons (Fsp3) is 0.261. The first-order chi connectivity index (χ1) is 17.6. The third-order valence-electron chi connectivity index (χ3n) is 4.88. The lowest BCUT2D eigenvalue weighted by Crippen LogP contribution is -2.11. The number of carbonyl (C=O) groups is 1. The van der Waals surface area contributed by atoms with Gasteiger partial charge in [0.15, 0.2) is 28.8 Å².